The molecule has 1 aromatic heterocycles. The lowest BCUT2D eigenvalue weighted by Crippen LogP contribution is -2.41. The minimum absolute atomic E-state index is 0.00969. The maximum absolute atomic E-state index is 12.6. The summed E-state index contributed by atoms with van der Waals surface area (Å²) >= 11 is 1.39. The van der Waals surface area contributed by atoms with Gasteiger partial charge in [-0.3, -0.25) is 9.59 Å². The summed E-state index contributed by atoms with van der Waals surface area (Å²) in [5.74, 6) is 0.0913. The number of carbonyl (C=O) groups excluding carboxylic acids is 2. The highest BCUT2D eigenvalue weighted by Gasteiger charge is 2.24. The Labute approximate surface area is 165 Å². The zero-order valence-corrected chi connectivity index (χ0v) is 17.6. The molecule has 0 bridgehead atoms. The summed E-state index contributed by atoms with van der Waals surface area (Å²) in [6, 6.07) is 9.83. The minimum atomic E-state index is -0.216. The fourth-order valence-corrected chi connectivity index (χ4v) is 3.40. The third-order valence-corrected chi connectivity index (χ3v) is 4.53. The molecule has 1 N–H and O–H groups in total. The zero-order valence-electron chi connectivity index (χ0n) is 16.8. The van der Waals surface area contributed by atoms with E-state index in [1.807, 2.05) is 70.3 Å². The fraction of sp³-hybridized carbons (Fsp3) is 0.476. The van der Waals surface area contributed by atoms with Crippen LogP contribution in [-0.4, -0.2) is 34.8 Å². The van der Waals surface area contributed by atoms with Crippen molar-refractivity contribution in [2.24, 2.45) is 11.3 Å². The van der Waals surface area contributed by atoms with Crippen LogP contribution in [0.15, 0.2) is 35.7 Å². The number of rotatable bonds is 7. The molecule has 2 amide bonds. The SMILES string of the molecule is CC(C)CN(CC(=O)Nc1nc(-c2ccccc2)cs1)C(=O)CC(C)(C)C. The number of carbonyl (C=O) groups is 2. The van der Waals surface area contributed by atoms with E-state index in [1.54, 1.807) is 4.90 Å². The molecule has 1 heterocycles. The number of anilines is 1. The average Bonchev–Trinajstić information content (AvgIpc) is 3.01. The number of nitrogens with one attached hydrogen (secondary N) is 1. The van der Waals surface area contributed by atoms with Crippen LogP contribution >= 0.6 is 11.3 Å². The predicted molar refractivity (Wildman–Crippen MR) is 112 cm³/mol. The molecule has 146 valence electrons. The maximum atomic E-state index is 12.6. The van der Waals surface area contributed by atoms with Crippen molar-refractivity contribution in [1.82, 2.24) is 9.88 Å². The van der Waals surface area contributed by atoms with Gasteiger partial charge in [-0.25, -0.2) is 4.98 Å². The average molecular weight is 388 g/mol. The molecule has 2 aromatic rings. The summed E-state index contributed by atoms with van der Waals surface area (Å²) in [5.41, 5.74) is 1.73. The molecule has 27 heavy (non-hydrogen) atoms. The molecule has 0 fully saturated rings. The summed E-state index contributed by atoms with van der Waals surface area (Å²) in [5, 5.41) is 5.29. The monoisotopic (exact) mass is 387 g/mol. The molecule has 0 saturated heterocycles. The van der Waals surface area contributed by atoms with E-state index in [1.165, 1.54) is 11.3 Å². The van der Waals surface area contributed by atoms with Crippen LogP contribution in [0.1, 0.15) is 41.0 Å². The van der Waals surface area contributed by atoms with Crippen LogP contribution in [0.5, 0.6) is 0 Å². The molecule has 0 aliphatic heterocycles. The molecule has 5 nitrogen and oxygen atoms in total. The summed E-state index contributed by atoms with van der Waals surface area (Å²) in [6.45, 7) is 10.8. The number of thiazole rings is 1. The second kappa shape index (κ2) is 9.13. The summed E-state index contributed by atoms with van der Waals surface area (Å²) in [4.78, 5) is 31.2. The molecule has 0 aliphatic carbocycles. The van der Waals surface area contributed by atoms with Crippen molar-refractivity contribution < 1.29 is 9.59 Å². The molecule has 1 aromatic carbocycles. The smallest absolute Gasteiger partial charge is 0.245 e. The van der Waals surface area contributed by atoms with Gasteiger partial charge in [0.05, 0.1) is 12.2 Å². The molecule has 0 saturated carbocycles. The molecule has 0 aliphatic rings. The summed E-state index contributed by atoms with van der Waals surface area (Å²) in [6.07, 6.45) is 0.419. The van der Waals surface area contributed by atoms with Crippen molar-refractivity contribution in [1.29, 1.82) is 0 Å². The van der Waals surface area contributed by atoms with Crippen LogP contribution in [0.25, 0.3) is 11.3 Å². The Bertz CT molecular complexity index is 763. The van der Waals surface area contributed by atoms with Crippen molar-refractivity contribution in [3.05, 3.63) is 35.7 Å². The molecule has 6 heteroatoms. The summed E-state index contributed by atoms with van der Waals surface area (Å²) in [7, 11) is 0. The molecule has 2 rings (SSSR count). The van der Waals surface area contributed by atoms with E-state index >= 15 is 0 Å². The number of nitrogens with zero attached hydrogens (tertiary/aromatic N) is 2. The molecule has 0 atom stereocenters. The normalized spacial score (nSPS) is 11.5. The number of benzene rings is 1. The van der Waals surface area contributed by atoms with E-state index in [-0.39, 0.29) is 23.8 Å². The van der Waals surface area contributed by atoms with Gasteiger partial charge in [-0.05, 0) is 11.3 Å². The van der Waals surface area contributed by atoms with Crippen LogP contribution in [0.4, 0.5) is 5.13 Å². The van der Waals surface area contributed by atoms with Gasteiger partial charge in [0.1, 0.15) is 0 Å². The van der Waals surface area contributed by atoms with Crippen molar-refractivity contribution in [2.45, 2.75) is 41.0 Å². The Kier molecular flexibility index (Phi) is 7.13. The number of aromatic nitrogens is 1. The Morgan fingerprint density at radius 3 is 2.44 bits per heavy atom. The van der Waals surface area contributed by atoms with Gasteiger partial charge in [0.2, 0.25) is 11.8 Å². The van der Waals surface area contributed by atoms with Crippen molar-refractivity contribution in [3.8, 4) is 11.3 Å². The highest BCUT2D eigenvalue weighted by atomic mass is 32.1. The molecular formula is C21H29N3O2S. The largest absolute Gasteiger partial charge is 0.333 e. The third-order valence-electron chi connectivity index (χ3n) is 3.77. The van der Waals surface area contributed by atoms with Crippen LogP contribution in [0.3, 0.4) is 0 Å². The highest BCUT2D eigenvalue weighted by molar-refractivity contribution is 7.14. The van der Waals surface area contributed by atoms with E-state index in [0.29, 0.717) is 24.0 Å². The quantitative estimate of drug-likeness (QED) is 0.751. The van der Waals surface area contributed by atoms with E-state index < -0.39 is 0 Å². The lowest BCUT2D eigenvalue weighted by molar-refractivity contribution is -0.136. The highest BCUT2D eigenvalue weighted by Crippen LogP contribution is 2.25. The van der Waals surface area contributed by atoms with Crippen LogP contribution in [0, 0.1) is 11.3 Å². The van der Waals surface area contributed by atoms with Gasteiger partial charge in [-0.15, -0.1) is 11.3 Å². The Morgan fingerprint density at radius 2 is 1.85 bits per heavy atom. The molecule has 0 spiro atoms. The van der Waals surface area contributed by atoms with Gasteiger partial charge in [0.15, 0.2) is 5.13 Å². The molecule has 0 radical (unpaired) electrons. The van der Waals surface area contributed by atoms with E-state index in [4.69, 9.17) is 0 Å². The van der Waals surface area contributed by atoms with Gasteiger partial charge in [0, 0.05) is 23.9 Å². The lowest BCUT2D eigenvalue weighted by atomic mass is 9.91. The van der Waals surface area contributed by atoms with Crippen LogP contribution in [-0.2, 0) is 9.59 Å². The maximum Gasteiger partial charge on any atom is 0.245 e. The third kappa shape index (κ3) is 7.13. The van der Waals surface area contributed by atoms with E-state index in [2.05, 4.69) is 10.3 Å². The van der Waals surface area contributed by atoms with Gasteiger partial charge < -0.3 is 10.2 Å². The Morgan fingerprint density at radius 1 is 1.19 bits per heavy atom. The second-order valence-corrected chi connectivity index (χ2v) is 9.22. The Hall–Kier alpha value is -2.21. The predicted octanol–water partition coefficient (Wildman–Crippen LogP) is 4.67. The summed E-state index contributed by atoms with van der Waals surface area (Å²) < 4.78 is 0. The second-order valence-electron chi connectivity index (χ2n) is 8.36. The number of amides is 2. The van der Waals surface area contributed by atoms with Crippen molar-refractivity contribution in [2.75, 3.05) is 18.4 Å². The van der Waals surface area contributed by atoms with Gasteiger partial charge in [-0.2, -0.15) is 0 Å². The first kappa shape index (κ1) is 21.1. The number of hydrogen-bond acceptors (Lipinski definition) is 4. The molecule has 0 unspecified atom stereocenters. The lowest BCUT2D eigenvalue weighted by Gasteiger charge is -2.27. The molecular weight excluding hydrogens is 358 g/mol. The van der Waals surface area contributed by atoms with E-state index in [0.717, 1.165) is 11.3 Å². The fourth-order valence-electron chi connectivity index (χ4n) is 2.67. The van der Waals surface area contributed by atoms with E-state index in [9.17, 15) is 9.59 Å². The van der Waals surface area contributed by atoms with Gasteiger partial charge >= 0.3 is 0 Å². The Balaban J connectivity index is 2.01. The zero-order chi connectivity index (χ0) is 20.0. The van der Waals surface area contributed by atoms with Crippen molar-refractivity contribution in [3.63, 3.8) is 0 Å². The van der Waals surface area contributed by atoms with Crippen LogP contribution in [0.2, 0.25) is 0 Å². The topological polar surface area (TPSA) is 62.3 Å². The standard InChI is InChI=1S/C21H29N3O2S/c1-15(2)12-24(19(26)11-21(3,4)5)13-18(25)23-20-22-17(14-27-20)16-9-7-6-8-10-16/h6-10,14-15H,11-13H2,1-5H3,(H,22,23,25). The van der Waals surface area contributed by atoms with Gasteiger partial charge in [0.25, 0.3) is 0 Å². The first-order valence-corrected chi connectivity index (χ1v) is 10.1. The first-order chi connectivity index (χ1) is 12.6. The van der Waals surface area contributed by atoms with Gasteiger partial charge in [-0.1, -0.05) is 65.0 Å². The first-order valence-electron chi connectivity index (χ1n) is 9.22. The minimum Gasteiger partial charge on any atom is -0.333 e. The van der Waals surface area contributed by atoms with Crippen molar-refractivity contribution >= 4 is 28.3 Å². The number of hydrogen-bond donors (Lipinski definition) is 1. The van der Waals surface area contributed by atoms with Crippen LogP contribution < -0.4 is 5.32 Å².